The molecular formula is C13H21ClN4OS. The first kappa shape index (κ1) is 15.5. The number of hydrogen-bond acceptors (Lipinski definition) is 3. The summed E-state index contributed by atoms with van der Waals surface area (Å²) < 4.78 is 15.3. The molecule has 0 saturated heterocycles. The summed E-state index contributed by atoms with van der Waals surface area (Å²) in [6.45, 7) is 4.69. The molecule has 0 fully saturated rings. The largest absolute Gasteiger partial charge is 0.311 e. The summed E-state index contributed by atoms with van der Waals surface area (Å²) in [5.41, 5.74) is 2.92. The number of halogens is 1. The highest BCUT2D eigenvalue weighted by Gasteiger charge is 2.21. The molecule has 0 aliphatic carbocycles. The Labute approximate surface area is 126 Å². The molecule has 112 valence electrons. The van der Waals surface area contributed by atoms with Crippen molar-refractivity contribution in [2.75, 3.05) is 12.0 Å². The molecule has 0 radical (unpaired) electrons. The Balaban J connectivity index is 2.55. The van der Waals surface area contributed by atoms with Crippen LogP contribution in [0.15, 0.2) is 0 Å². The zero-order valence-corrected chi connectivity index (χ0v) is 14.0. The van der Waals surface area contributed by atoms with Gasteiger partial charge in [-0.15, -0.1) is 11.6 Å². The fraction of sp³-hybridized carbons (Fsp3) is 0.692. The van der Waals surface area contributed by atoms with Crippen molar-refractivity contribution < 1.29 is 4.21 Å². The topological polar surface area (TPSA) is 52.7 Å². The van der Waals surface area contributed by atoms with Gasteiger partial charge in [0.2, 0.25) is 0 Å². The third-order valence-electron chi connectivity index (χ3n) is 3.27. The van der Waals surface area contributed by atoms with E-state index in [-0.39, 0.29) is 5.38 Å². The zero-order chi connectivity index (χ0) is 14.9. The maximum Gasteiger partial charge on any atom is 0.158 e. The molecular weight excluding hydrogens is 296 g/mol. The Kier molecular flexibility index (Phi) is 4.86. The number of rotatable bonds is 6. The van der Waals surface area contributed by atoms with Gasteiger partial charge in [0.15, 0.2) is 5.65 Å². The van der Waals surface area contributed by atoms with E-state index in [9.17, 15) is 4.21 Å². The molecule has 0 aromatic carbocycles. The number of nitrogens with zero attached hydrogens (tertiary/aromatic N) is 4. The van der Waals surface area contributed by atoms with Gasteiger partial charge in [0, 0.05) is 36.4 Å². The predicted molar refractivity (Wildman–Crippen MR) is 83.7 cm³/mol. The Morgan fingerprint density at radius 1 is 1.45 bits per heavy atom. The van der Waals surface area contributed by atoms with Crippen LogP contribution in [0.25, 0.3) is 11.2 Å². The van der Waals surface area contributed by atoms with E-state index in [0.29, 0.717) is 12.3 Å². The molecule has 2 atom stereocenters. The highest BCUT2D eigenvalue weighted by Crippen LogP contribution is 2.26. The van der Waals surface area contributed by atoms with Crippen molar-refractivity contribution in [3.8, 4) is 0 Å². The van der Waals surface area contributed by atoms with Crippen molar-refractivity contribution in [2.24, 2.45) is 7.05 Å². The van der Waals surface area contributed by atoms with Crippen molar-refractivity contribution >= 4 is 33.6 Å². The van der Waals surface area contributed by atoms with E-state index in [1.54, 1.807) is 6.26 Å². The summed E-state index contributed by atoms with van der Waals surface area (Å²) in [5.74, 6) is 1.42. The quantitative estimate of drug-likeness (QED) is 0.769. The van der Waals surface area contributed by atoms with Crippen molar-refractivity contribution in [3.05, 3.63) is 11.5 Å². The van der Waals surface area contributed by atoms with Crippen molar-refractivity contribution in [3.63, 3.8) is 0 Å². The van der Waals surface area contributed by atoms with Crippen LogP contribution in [0.4, 0.5) is 0 Å². The fourth-order valence-electron chi connectivity index (χ4n) is 2.41. The molecule has 2 unspecified atom stereocenters. The van der Waals surface area contributed by atoms with Gasteiger partial charge in [-0.1, -0.05) is 13.3 Å². The number of imidazole rings is 1. The summed E-state index contributed by atoms with van der Waals surface area (Å²) in [5, 5.41) is 4.36. The average molecular weight is 317 g/mol. The van der Waals surface area contributed by atoms with Crippen LogP contribution in [0.2, 0.25) is 0 Å². The molecule has 0 spiro atoms. The second-order valence-corrected chi connectivity index (χ2v) is 7.22. The SMILES string of the molecule is CCCc1nn(C)c2c1nc(C(C)Cl)n2CCS(C)=O. The van der Waals surface area contributed by atoms with Gasteiger partial charge in [-0.25, -0.2) is 4.98 Å². The predicted octanol–water partition coefficient (Wildman–Crippen LogP) is 2.40. The lowest BCUT2D eigenvalue weighted by Gasteiger charge is -2.10. The standard InChI is InChI=1S/C13H21ClN4OS/c1-5-6-10-11-13(17(3)16-10)18(7-8-20(4)19)12(15-11)9(2)14/h9H,5-8H2,1-4H3. The number of aryl methyl sites for hydroxylation is 3. The van der Waals surface area contributed by atoms with Crippen LogP contribution >= 0.6 is 11.6 Å². The Morgan fingerprint density at radius 2 is 2.15 bits per heavy atom. The molecule has 0 amide bonds. The summed E-state index contributed by atoms with van der Waals surface area (Å²) in [6.07, 6.45) is 3.65. The molecule has 0 N–H and O–H groups in total. The van der Waals surface area contributed by atoms with Gasteiger partial charge < -0.3 is 4.57 Å². The maximum atomic E-state index is 11.4. The van der Waals surface area contributed by atoms with E-state index in [0.717, 1.165) is 35.5 Å². The lowest BCUT2D eigenvalue weighted by molar-refractivity contribution is 0.654. The van der Waals surface area contributed by atoms with Crippen molar-refractivity contribution in [1.29, 1.82) is 0 Å². The lowest BCUT2D eigenvalue weighted by atomic mass is 10.2. The van der Waals surface area contributed by atoms with E-state index in [1.165, 1.54) is 0 Å². The van der Waals surface area contributed by atoms with E-state index in [1.807, 2.05) is 18.7 Å². The molecule has 7 heteroatoms. The van der Waals surface area contributed by atoms with Crippen LogP contribution in [0.5, 0.6) is 0 Å². The van der Waals surface area contributed by atoms with Gasteiger partial charge in [0.1, 0.15) is 11.3 Å². The van der Waals surface area contributed by atoms with E-state index < -0.39 is 10.8 Å². The fourth-order valence-corrected chi connectivity index (χ4v) is 3.01. The molecule has 2 aromatic heterocycles. The normalized spacial score (nSPS) is 14.8. The molecule has 0 aliphatic heterocycles. The minimum atomic E-state index is -0.839. The Hall–Kier alpha value is -0.880. The minimum absolute atomic E-state index is 0.179. The Bertz CT molecular complexity index is 632. The first-order chi connectivity index (χ1) is 9.45. The molecule has 2 heterocycles. The van der Waals surface area contributed by atoms with Crippen LogP contribution in [0.1, 0.15) is 37.2 Å². The number of hydrogen-bond donors (Lipinski definition) is 0. The highest BCUT2D eigenvalue weighted by molar-refractivity contribution is 7.84. The lowest BCUT2D eigenvalue weighted by Crippen LogP contribution is -2.12. The molecule has 0 saturated carbocycles. The van der Waals surface area contributed by atoms with Crippen molar-refractivity contribution in [1.82, 2.24) is 19.3 Å². The van der Waals surface area contributed by atoms with E-state index in [2.05, 4.69) is 21.6 Å². The van der Waals surface area contributed by atoms with Gasteiger partial charge in [-0.3, -0.25) is 8.89 Å². The van der Waals surface area contributed by atoms with Crippen LogP contribution in [0.3, 0.4) is 0 Å². The van der Waals surface area contributed by atoms with Gasteiger partial charge in [0.25, 0.3) is 0 Å². The molecule has 0 bridgehead atoms. The van der Waals surface area contributed by atoms with Gasteiger partial charge >= 0.3 is 0 Å². The molecule has 2 aromatic rings. The van der Waals surface area contributed by atoms with Crippen LogP contribution in [-0.4, -0.2) is 35.5 Å². The van der Waals surface area contributed by atoms with Crippen LogP contribution < -0.4 is 0 Å². The summed E-state index contributed by atoms with van der Waals surface area (Å²) in [6, 6.07) is 0. The molecule has 2 rings (SSSR count). The number of alkyl halides is 1. The van der Waals surface area contributed by atoms with E-state index >= 15 is 0 Å². The summed E-state index contributed by atoms with van der Waals surface area (Å²) in [7, 11) is 1.08. The number of fused-ring (bicyclic) bond motifs is 1. The summed E-state index contributed by atoms with van der Waals surface area (Å²) >= 11 is 6.24. The maximum absolute atomic E-state index is 11.4. The molecule has 20 heavy (non-hydrogen) atoms. The minimum Gasteiger partial charge on any atom is -0.311 e. The van der Waals surface area contributed by atoms with Crippen molar-refractivity contribution in [2.45, 2.75) is 38.6 Å². The van der Waals surface area contributed by atoms with Gasteiger partial charge in [-0.05, 0) is 13.3 Å². The van der Waals surface area contributed by atoms with Gasteiger partial charge in [-0.2, -0.15) is 5.10 Å². The summed E-state index contributed by atoms with van der Waals surface area (Å²) in [4.78, 5) is 4.68. The van der Waals surface area contributed by atoms with E-state index in [4.69, 9.17) is 11.6 Å². The first-order valence-electron chi connectivity index (χ1n) is 6.81. The third-order valence-corrected chi connectivity index (χ3v) is 4.22. The van der Waals surface area contributed by atoms with Crippen LogP contribution in [-0.2, 0) is 30.8 Å². The number of aromatic nitrogens is 4. The second-order valence-electron chi connectivity index (χ2n) is 5.01. The monoisotopic (exact) mass is 316 g/mol. The average Bonchev–Trinajstić information content (AvgIpc) is 2.87. The van der Waals surface area contributed by atoms with Gasteiger partial charge in [0.05, 0.1) is 11.1 Å². The Morgan fingerprint density at radius 3 is 2.70 bits per heavy atom. The molecule has 5 nitrogen and oxygen atoms in total. The third kappa shape index (κ3) is 2.91. The highest BCUT2D eigenvalue weighted by atomic mass is 35.5. The first-order valence-corrected chi connectivity index (χ1v) is 8.98. The zero-order valence-electron chi connectivity index (χ0n) is 12.4. The smallest absolute Gasteiger partial charge is 0.158 e. The molecule has 0 aliphatic rings. The van der Waals surface area contributed by atoms with Crippen LogP contribution in [0, 0.1) is 0 Å². The second kappa shape index (κ2) is 6.26.